The zero-order valence-electron chi connectivity index (χ0n) is 10.7. The molecule has 1 aromatic heterocycles. The van der Waals surface area contributed by atoms with Crippen molar-refractivity contribution in [2.75, 3.05) is 6.61 Å². The number of hydrogen-bond donors (Lipinski definition) is 0. The lowest BCUT2D eigenvalue weighted by atomic mass is 10.1. The summed E-state index contributed by atoms with van der Waals surface area (Å²) in [6, 6.07) is 12.9. The second-order valence-electron chi connectivity index (χ2n) is 4.17. The Bertz CT molecular complexity index is 592. The van der Waals surface area contributed by atoms with Crippen LogP contribution >= 0.6 is 22.9 Å². The maximum atomic E-state index is 11.7. The van der Waals surface area contributed by atoms with Gasteiger partial charge < -0.3 is 4.74 Å². The molecule has 0 aliphatic heterocycles. The summed E-state index contributed by atoms with van der Waals surface area (Å²) in [5, 5.41) is 0. The Kier molecular flexibility index (Phi) is 5.32. The minimum Gasteiger partial charge on any atom is -0.457 e. The van der Waals surface area contributed by atoms with Crippen molar-refractivity contribution in [2.24, 2.45) is 0 Å². The van der Waals surface area contributed by atoms with Gasteiger partial charge in [0, 0.05) is 6.42 Å². The van der Waals surface area contributed by atoms with E-state index in [0.29, 0.717) is 15.6 Å². The van der Waals surface area contributed by atoms with Crippen LogP contribution in [0.25, 0.3) is 0 Å². The van der Waals surface area contributed by atoms with E-state index in [1.807, 2.05) is 30.3 Å². The highest BCUT2D eigenvalue weighted by atomic mass is 35.5. The third kappa shape index (κ3) is 4.47. The van der Waals surface area contributed by atoms with Crippen molar-refractivity contribution in [2.45, 2.75) is 12.8 Å². The number of aryl methyl sites for hydroxylation is 1. The van der Waals surface area contributed by atoms with E-state index >= 15 is 0 Å². The number of benzene rings is 1. The van der Waals surface area contributed by atoms with Gasteiger partial charge in [-0.1, -0.05) is 41.9 Å². The van der Waals surface area contributed by atoms with E-state index < -0.39 is 0 Å². The third-order valence-electron chi connectivity index (χ3n) is 2.67. The first kappa shape index (κ1) is 14.8. The Morgan fingerprint density at radius 1 is 1.10 bits per heavy atom. The normalized spacial score (nSPS) is 10.2. The van der Waals surface area contributed by atoms with E-state index in [1.165, 1.54) is 11.3 Å². The van der Waals surface area contributed by atoms with Crippen LogP contribution in [-0.2, 0) is 16.0 Å². The molecule has 1 aromatic carbocycles. The van der Waals surface area contributed by atoms with E-state index in [9.17, 15) is 9.59 Å². The van der Waals surface area contributed by atoms with Crippen LogP contribution in [0.15, 0.2) is 42.5 Å². The quantitative estimate of drug-likeness (QED) is 0.603. The number of hydrogen-bond acceptors (Lipinski definition) is 4. The molecule has 0 aliphatic carbocycles. The van der Waals surface area contributed by atoms with Crippen molar-refractivity contribution in [3.8, 4) is 0 Å². The number of carbonyl (C=O) groups excluding carboxylic acids is 2. The highest BCUT2D eigenvalue weighted by molar-refractivity contribution is 7.18. The van der Waals surface area contributed by atoms with Crippen LogP contribution in [0.3, 0.4) is 0 Å². The summed E-state index contributed by atoms with van der Waals surface area (Å²) in [6.45, 7) is -0.232. The number of thiophene rings is 1. The van der Waals surface area contributed by atoms with Gasteiger partial charge in [-0.2, -0.15) is 0 Å². The lowest BCUT2D eigenvalue weighted by Gasteiger charge is -2.03. The second-order valence-corrected chi connectivity index (χ2v) is 5.89. The molecule has 0 radical (unpaired) electrons. The van der Waals surface area contributed by atoms with Crippen molar-refractivity contribution in [3.05, 3.63) is 57.2 Å². The third-order valence-corrected chi connectivity index (χ3v) is 3.95. The van der Waals surface area contributed by atoms with Crippen LogP contribution < -0.4 is 0 Å². The minimum atomic E-state index is -0.371. The van der Waals surface area contributed by atoms with Gasteiger partial charge in [0.1, 0.15) is 0 Å². The molecule has 0 amide bonds. The Labute approximate surface area is 126 Å². The summed E-state index contributed by atoms with van der Waals surface area (Å²) >= 11 is 6.93. The van der Waals surface area contributed by atoms with Crippen LogP contribution in [-0.4, -0.2) is 18.4 Å². The fraction of sp³-hybridized carbons (Fsp3) is 0.200. The smallest absolute Gasteiger partial charge is 0.306 e. The summed E-state index contributed by atoms with van der Waals surface area (Å²) in [5.41, 5.74) is 1.07. The van der Waals surface area contributed by atoms with Gasteiger partial charge in [-0.3, -0.25) is 9.59 Å². The minimum absolute atomic E-state index is 0.227. The van der Waals surface area contributed by atoms with E-state index in [1.54, 1.807) is 12.1 Å². The Morgan fingerprint density at radius 3 is 2.50 bits per heavy atom. The number of Topliss-reactive ketones (excluding diaryl/α,β-unsaturated/α-hetero) is 1. The Hall–Kier alpha value is -1.65. The first-order valence-electron chi connectivity index (χ1n) is 6.13. The number of halogens is 1. The molecule has 3 nitrogen and oxygen atoms in total. The van der Waals surface area contributed by atoms with E-state index in [-0.39, 0.29) is 24.8 Å². The van der Waals surface area contributed by atoms with Gasteiger partial charge in [-0.05, 0) is 24.1 Å². The molecule has 0 unspecified atom stereocenters. The average molecular weight is 309 g/mol. The number of rotatable bonds is 6. The summed E-state index contributed by atoms with van der Waals surface area (Å²) < 4.78 is 5.51. The average Bonchev–Trinajstić information content (AvgIpc) is 2.90. The van der Waals surface area contributed by atoms with Gasteiger partial charge in [0.25, 0.3) is 0 Å². The highest BCUT2D eigenvalue weighted by Gasteiger charge is 2.12. The summed E-state index contributed by atoms with van der Waals surface area (Å²) in [5.74, 6) is -0.597. The molecule has 0 N–H and O–H groups in total. The van der Waals surface area contributed by atoms with Gasteiger partial charge in [-0.15, -0.1) is 11.3 Å². The fourth-order valence-electron chi connectivity index (χ4n) is 1.64. The second kappa shape index (κ2) is 7.22. The van der Waals surface area contributed by atoms with Gasteiger partial charge in [-0.25, -0.2) is 0 Å². The van der Waals surface area contributed by atoms with Crippen molar-refractivity contribution in [1.29, 1.82) is 0 Å². The number of esters is 1. The first-order valence-corrected chi connectivity index (χ1v) is 7.32. The van der Waals surface area contributed by atoms with Gasteiger partial charge >= 0.3 is 5.97 Å². The fourth-order valence-corrected chi connectivity index (χ4v) is 2.61. The molecule has 0 aliphatic rings. The lowest BCUT2D eigenvalue weighted by molar-refractivity contribution is -0.142. The van der Waals surface area contributed by atoms with Crippen molar-refractivity contribution in [1.82, 2.24) is 0 Å². The SMILES string of the molecule is O=C(CCc1ccccc1)OCC(=O)c1ccc(Cl)s1. The maximum absolute atomic E-state index is 11.7. The Morgan fingerprint density at radius 2 is 1.85 bits per heavy atom. The topological polar surface area (TPSA) is 43.4 Å². The lowest BCUT2D eigenvalue weighted by Crippen LogP contribution is -2.13. The maximum Gasteiger partial charge on any atom is 0.306 e. The molecule has 0 atom stereocenters. The summed E-state index contributed by atoms with van der Waals surface area (Å²) in [4.78, 5) is 23.8. The van der Waals surface area contributed by atoms with Crippen molar-refractivity contribution in [3.63, 3.8) is 0 Å². The number of ether oxygens (including phenoxy) is 1. The van der Waals surface area contributed by atoms with Crippen LogP contribution in [0.5, 0.6) is 0 Å². The summed E-state index contributed by atoms with van der Waals surface area (Å²) in [6.07, 6.45) is 0.876. The van der Waals surface area contributed by atoms with Gasteiger partial charge in [0.2, 0.25) is 5.78 Å². The van der Waals surface area contributed by atoms with Crippen LogP contribution in [0.4, 0.5) is 0 Å². The largest absolute Gasteiger partial charge is 0.457 e. The molecule has 2 rings (SSSR count). The molecule has 0 saturated carbocycles. The van der Waals surface area contributed by atoms with Crippen LogP contribution in [0.2, 0.25) is 4.34 Å². The monoisotopic (exact) mass is 308 g/mol. The predicted octanol–water partition coefficient (Wildman–Crippen LogP) is 3.76. The van der Waals surface area contributed by atoms with Gasteiger partial charge in [0.05, 0.1) is 9.21 Å². The first-order chi connectivity index (χ1) is 9.65. The van der Waals surface area contributed by atoms with Crippen molar-refractivity contribution < 1.29 is 14.3 Å². The van der Waals surface area contributed by atoms with E-state index in [0.717, 1.165) is 5.56 Å². The van der Waals surface area contributed by atoms with Crippen molar-refractivity contribution >= 4 is 34.7 Å². The number of carbonyl (C=O) groups is 2. The van der Waals surface area contributed by atoms with E-state index in [4.69, 9.17) is 16.3 Å². The molecule has 0 saturated heterocycles. The van der Waals surface area contributed by atoms with Gasteiger partial charge in [0.15, 0.2) is 6.61 Å². The highest BCUT2D eigenvalue weighted by Crippen LogP contribution is 2.21. The van der Waals surface area contributed by atoms with Crippen LogP contribution in [0, 0.1) is 0 Å². The molecule has 0 spiro atoms. The molecular weight excluding hydrogens is 296 g/mol. The molecule has 1 heterocycles. The molecule has 5 heteroatoms. The van der Waals surface area contributed by atoms with E-state index in [2.05, 4.69) is 0 Å². The predicted molar refractivity (Wildman–Crippen MR) is 79.4 cm³/mol. The Balaban J connectivity index is 1.74. The molecule has 20 heavy (non-hydrogen) atoms. The van der Waals surface area contributed by atoms with Crippen LogP contribution in [0.1, 0.15) is 21.7 Å². The molecular formula is C15H13ClO3S. The molecule has 0 bridgehead atoms. The zero-order valence-corrected chi connectivity index (χ0v) is 12.2. The zero-order chi connectivity index (χ0) is 14.4. The molecule has 0 fully saturated rings. The molecule has 2 aromatic rings. The molecule has 104 valence electrons. The standard InChI is InChI=1S/C15H13ClO3S/c16-14-8-7-13(20-14)12(17)10-19-15(18)9-6-11-4-2-1-3-5-11/h1-5,7-8H,6,9-10H2. The number of ketones is 1. The summed E-state index contributed by atoms with van der Waals surface area (Å²) in [7, 11) is 0.